The summed E-state index contributed by atoms with van der Waals surface area (Å²) in [6.07, 6.45) is 3.14. The maximum absolute atomic E-state index is 15.5. The summed E-state index contributed by atoms with van der Waals surface area (Å²) >= 11 is 0. The summed E-state index contributed by atoms with van der Waals surface area (Å²) in [5.74, 6) is -1.24. The monoisotopic (exact) mass is 590 g/mol. The number of hydrogen-bond acceptors (Lipinski definition) is 8. The van der Waals surface area contributed by atoms with Crippen molar-refractivity contribution in [3.8, 4) is 11.3 Å². The number of anilines is 1. The first-order valence-electron chi connectivity index (χ1n) is 13.5. The zero-order valence-electron chi connectivity index (χ0n) is 24.1. The third kappa shape index (κ3) is 7.45. The third-order valence-corrected chi connectivity index (χ3v) is 8.08. The van der Waals surface area contributed by atoms with E-state index < -0.39 is 39.4 Å². The molecule has 2 aromatic heterocycles. The first-order valence-corrected chi connectivity index (χ1v) is 15.3. The average Bonchev–Trinajstić information content (AvgIpc) is 2.87. The Labute approximate surface area is 239 Å². The topological polar surface area (TPSA) is 126 Å². The molecule has 0 aliphatic carbocycles. The standard InChI is InChI=1S/C28H36F2N6O4S/c1-7-23(34-27(37)40-28(3,4)5)19-12-16(2)32-25-20(19)13-17(14-21(25)29)24-22(30)15-31-26(35-24)33-18-8-10-36(11-9-18)41(6,38)39/h12-15,18,23H,7-11H2,1-6H3,(H,34,37)(H,31,33,35). The number of hydrogen-bond donors (Lipinski definition) is 2. The summed E-state index contributed by atoms with van der Waals surface area (Å²) in [4.78, 5) is 25.3. The number of rotatable bonds is 7. The highest BCUT2D eigenvalue weighted by atomic mass is 32.2. The Hall–Kier alpha value is -3.45. The predicted molar refractivity (Wildman–Crippen MR) is 153 cm³/mol. The van der Waals surface area contributed by atoms with Crippen molar-refractivity contribution < 1.29 is 26.7 Å². The van der Waals surface area contributed by atoms with Crippen molar-refractivity contribution in [3.05, 3.63) is 47.3 Å². The number of carbonyl (C=O) groups excluding carboxylic acids is 1. The van der Waals surface area contributed by atoms with E-state index in [0.717, 1.165) is 6.20 Å². The van der Waals surface area contributed by atoms with Crippen LogP contribution in [-0.4, -0.2) is 64.8 Å². The molecule has 1 saturated heterocycles. The number of alkyl carbamates (subject to hydrolysis) is 1. The van der Waals surface area contributed by atoms with E-state index >= 15 is 8.78 Å². The molecule has 0 spiro atoms. The van der Waals surface area contributed by atoms with E-state index in [1.807, 2.05) is 6.92 Å². The first-order chi connectivity index (χ1) is 19.1. The molecule has 3 aromatic rings. The zero-order valence-corrected chi connectivity index (χ0v) is 24.9. The van der Waals surface area contributed by atoms with Gasteiger partial charge in [0.05, 0.1) is 18.5 Å². The number of fused-ring (bicyclic) bond motifs is 1. The Morgan fingerprint density at radius 1 is 1.15 bits per heavy atom. The van der Waals surface area contributed by atoms with Gasteiger partial charge in [-0.15, -0.1) is 0 Å². The summed E-state index contributed by atoms with van der Waals surface area (Å²) in [6.45, 7) is 9.61. The van der Waals surface area contributed by atoms with E-state index in [2.05, 4.69) is 25.6 Å². The van der Waals surface area contributed by atoms with Gasteiger partial charge in [-0.05, 0) is 70.7 Å². The average molecular weight is 591 g/mol. The maximum atomic E-state index is 15.5. The van der Waals surface area contributed by atoms with Crippen molar-refractivity contribution in [2.24, 2.45) is 0 Å². The molecule has 1 unspecified atom stereocenters. The van der Waals surface area contributed by atoms with Crippen molar-refractivity contribution in [3.63, 3.8) is 0 Å². The van der Waals surface area contributed by atoms with Gasteiger partial charge in [0.25, 0.3) is 0 Å². The Morgan fingerprint density at radius 3 is 2.44 bits per heavy atom. The molecule has 1 aliphatic rings. The van der Waals surface area contributed by atoms with Crippen LogP contribution in [0.3, 0.4) is 0 Å². The summed E-state index contributed by atoms with van der Waals surface area (Å²) in [5, 5.41) is 6.42. The lowest BCUT2D eigenvalue weighted by molar-refractivity contribution is 0.0502. The van der Waals surface area contributed by atoms with Crippen LogP contribution in [0.2, 0.25) is 0 Å². The number of amides is 1. The fourth-order valence-electron chi connectivity index (χ4n) is 4.87. The van der Waals surface area contributed by atoms with Gasteiger partial charge in [0.2, 0.25) is 16.0 Å². The van der Waals surface area contributed by atoms with Crippen molar-refractivity contribution in [2.45, 2.75) is 71.6 Å². The molecule has 1 atom stereocenters. The molecule has 1 amide bonds. The lowest BCUT2D eigenvalue weighted by atomic mass is 9.96. The van der Waals surface area contributed by atoms with Crippen LogP contribution in [0.15, 0.2) is 24.4 Å². The molecule has 10 nitrogen and oxygen atoms in total. The molecule has 1 aliphatic heterocycles. The highest BCUT2D eigenvalue weighted by molar-refractivity contribution is 7.88. The number of nitrogens with zero attached hydrogens (tertiary/aromatic N) is 4. The molecular formula is C28H36F2N6O4S. The number of ether oxygens (including phenoxy) is 1. The third-order valence-electron chi connectivity index (χ3n) is 6.78. The summed E-state index contributed by atoms with van der Waals surface area (Å²) < 4.78 is 60.9. The Bertz CT molecular complexity index is 1550. The molecule has 0 saturated carbocycles. The smallest absolute Gasteiger partial charge is 0.408 e. The fraction of sp³-hybridized carbons (Fsp3) is 0.500. The van der Waals surface area contributed by atoms with Gasteiger partial charge in [0.1, 0.15) is 22.6 Å². The van der Waals surface area contributed by atoms with Gasteiger partial charge in [-0.25, -0.2) is 36.3 Å². The Kier molecular flexibility index (Phi) is 8.78. The van der Waals surface area contributed by atoms with Crippen molar-refractivity contribution in [1.29, 1.82) is 0 Å². The van der Waals surface area contributed by atoms with Crippen LogP contribution in [0.4, 0.5) is 19.5 Å². The molecule has 3 heterocycles. The van der Waals surface area contributed by atoms with E-state index in [-0.39, 0.29) is 28.8 Å². The van der Waals surface area contributed by atoms with Crippen LogP contribution in [0.25, 0.3) is 22.2 Å². The van der Waals surface area contributed by atoms with Crippen LogP contribution in [0.1, 0.15) is 64.3 Å². The van der Waals surface area contributed by atoms with Gasteiger partial charge in [-0.1, -0.05) is 6.92 Å². The first kappa shape index (κ1) is 30.5. The normalized spacial score (nSPS) is 16.0. The summed E-state index contributed by atoms with van der Waals surface area (Å²) in [7, 11) is -3.27. The number of pyridine rings is 1. The van der Waals surface area contributed by atoms with E-state index in [1.165, 1.54) is 16.6 Å². The van der Waals surface area contributed by atoms with Gasteiger partial charge in [0.15, 0.2) is 5.82 Å². The second-order valence-corrected chi connectivity index (χ2v) is 13.3. The molecule has 13 heteroatoms. The minimum atomic E-state index is -3.27. The molecule has 1 fully saturated rings. The molecule has 0 bridgehead atoms. The Balaban J connectivity index is 1.67. The molecule has 0 radical (unpaired) electrons. The number of aromatic nitrogens is 3. The number of halogens is 2. The minimum Gasteiger partial charge on any atom is -0.444 e. The SMILES string of the molecule is CCC(NC(=O)OC(C)(C)C)c1cc(C)nc2c(F)cc(-c3nc(NC4CCN(S(C)(=O)=O)CC4)ncc3F)cc12. The van der Waals surface area contributed by atoms with Gasteiger partial charge in [-0.3, -0.25) is 4.98 Å². The molecule has 2 N–H and O–H groups in total. The maximum Gasteiger partial charge on any atom is 0.408 e. The van der Waals surface area contributed by atoms with Crippen LogP contribution in [0, 0.1) is 18.6 Å². The number of aryl methyl sites for hydroxylation is 1. The van der Waals surface area contributed by atoms with Gasteiger partial charge >= 0.3 is 6.09 Å². The predicted octanol–water partition coefficient (Wildman–Crippen LogP) is 5.09. The number of nitrogens with one attached hydrogen (secondary N) is 2. The number of sulfonamides is 1. The largest absolute Gasteiger partial charge is 0.444 e. The van der Waals surface area contributed by atoms with Crippen molar-refractivity contribution in [2.75, 3.05) is 24.7 Å². The number of carbonyl (C=O) groups is 1. The van der Waals surface area contributed by atoms with Gasteiger partial charge < -0.3 is 15.4 Å². The highest BCUT2D eigenvalue weighted by Gasteiger charge is 2.26. The van der Waals surface area contributed by atoms with Gasteiger partial charge in [0, 0.05) is 35.8 Å². The lowest BCUT2D eigenvalue weighted by Gasteiger charge is -2.30. The van der Waals surface area contributed by atoms with E-state index in [4.69, 9.17) is 4.74 Å². The quantitative estimate of drug-likeness (QED) is 0.390. The highest BCUT2D eigenvalue weighted by Crippen LogP contribution is 2.33. The van der Waals surface area contributed by atoms with Crippen molar-refractivity contribution in [1.82, 2.24) is 24.6 Å². The minimum absolute atomic E-state index is 0.0960. The van der Waals surface area contributed by atoms with Gasteiger partial charge in [-0.2, -0.15) is 0 Å². The molecule has 41 heavy (non-hydrogen) atoms. The molecule has 1 aromatic carbocycles. The van der Waals surface area contributed by atoms with Crippen LogP contribution < -0.4 is 10.6 Å². The molecule has 222 valence electrons. The molecule has 4 rings (SSSR count). The second-order valence-electron chi connectivity index (χ2n) is 11.3. The van der Waals surface area contributed by atoms with E-state index in [1.54, 1.807) is 39.8 Å². The molecular weight excluding hydrogens is 554 g/mol. The summed E-state index contributed by atoms with van der Waals surface area (Å²) in [5.41, 5.74) is 0.662. The zero-order chi connectivity index (χ0) is 30.1. The Morgan fingerprint density at radius 2 is 1.83 bits per heavy atom. The second kappa shape index (κ2) is 11.8. The van der Waals surface area contributed by atoms with Crippen LogP contribution >= 0.6 is 0 Å². The van der Waals surface area contributed by atoms with Crippen LogP contribution in [0.5, 0.6) is 0 Å². The fourth-order valence-corrected chi connectivity index (χ4v) is 5.75. The van der Waals surface area contributed by atoms with E-state index in [0.29, 0.717) is 49.0 Å². The van der Waals surface area contributed by atoms with Crippen LogP contribution in [-0.2, 0) is 14.8 Å². The van der Waals surface area contributed by atoms with E-state index in [9.17, 15) is 13.2 Å². The lowest BCUT2D eigenvalue weighted by Crippen LogP contribution is -2.42. The van der Waals surface area contributed by atoms with Crippen molar-refractivity contribution >= 4 is 33.0 Å². The summed E-state index contributed by atoms with van der Waals surface area (Å²) in [6, 6.07) is 3.93. The number of piperidine rings is 1. The number of benzene rings is 1.